The van der Waals surface area contributed by atoms with Crippen molar-refractivity contribution in [2.24, 2.45) is 35.0 Å². The van der Waals surface area contributed by atoms with E-state index >= 15 is 0 Å². The average Bonchev–Trinajstić information content (AvgIpc) is 3.31. The van der Waals surface area contributed by atoms with Gasteiger partial charge in [0.1, 0.15) is 5.76 Å². The van der Waals surface area contributed by atoms with Gasteiger partial charge in [0.2, 0.25) is 0 Å². The zero-order chi connectivity index (χ0) is 17.2. The first-order valence-corrected chi connectivity index (χ1v) is 9.90. The molecular weight excluding hydrogens is 312 g/mol. The second kappa shape index (κ2) is 5.43. The largest absolute Gasteiger partial charge is 0.431 e. The van der Waals surface area contributed by atoms with Gasteiger partial charge in [-0.3, -0.25) is 9.59 Å². The lowest BCUT2D eigenvalue weighted by molar-refractivity contribution is -0.139. The Morgan fingerprint density at radius 1 is 1.16 bits per heavy atom. The molecule has 3 nitrogen and oxygen atoms in total. The molecule has 1 saturated heterocycles. The molecule has 0 bridgehead atoms. The number of hydrogen-bond acceptors (Lipinski definition) is 3. The lowest BCUT2D eigenvalue weighted by Gasteiger charge is -2.53. The summed E-state index contributed by atoms with van der Waals surface area (Å²) in [6.07, 6.45) is 15.5. The van der Waals surface area contributed by atoms with Crippen LogP contribution in [0.25, 0.3) is 0 Å². The molecule has 0 amide bonds. The Hall–Kier alpha value is -1.64. The lowest BCUT2D eigenvalue weighted by atomic mass is 9.51. The fraction of sp³-hybridized carbons (Fsp3) is 0.636. The van der Waals surface area contributed by atoms with E-state index < -0.39 is 0 Å². The van der Waals surface area contributed by atoms with Crippen LogP contribution in [-0.4, -0.2) is 11.8 Å². The Bertz CT molecular complexity index is 728. The van der Waals surface area contributed by atoms with Crippen molar-refractivity contribution in [3.05, 3.63) is 35.6 Å². The molecule has 6 atom stereocenters. The number of ketones is 1. The highest BCUT2D eigenvalue weighted by Gasteiger charge is 2.55. The summed E-state index contributed by atoms with van der Waals surface area (Å²) in [6, 6.07) is 0. The van der Waals surface area contributed by atoms with Crippen LogP contribution in [0.1, 0.15) is 51.9 Å². The second-order valence-electron chi connectivity index (χ2n) is 9.00. The van der Waals surface area contributed by atoms with Crippen molar-refractivity contribution < 1.29 is 14.3 Å². The first kappa shape index (κ1) is 15.6. The molecule has 0 radical (unpaired) electrons. The molecule has 1 heterocycles. The van der Waals surface area contributed by atoms with Crippen LogP contribution in [0, 0.1) is 35.0 Å². The molecule has 0 aromatic carbocycles. The molecule has 0 N–H and O–H groups in total. The number of fused-ring (bicyclic) bond motifs is 7. The summed E-state index contributed by atoms with van der Waals surface area (Å²) < 4.78 is 5.58. The van der Waals surface area contributed by atoms with Crippen molar-refractivity contribution in [3.8, 4) is 0 Å². The molecule has 2 fully saturated rings. The zero-order valence-electron chi connectivity index (χ0n) is 14.9. The van der Waals surface area contributed by atoms with Gasteiger partial charge in [0.15, 0.2) is 5.78 Å². The Morgan fingerprint density at radius 2 is 2.04 bits per heavy atom. The Morgan fingerprint density at radius 3 is 2.92 bits per heavy atom. The molecule has 3 heteroatoms. The van der Waals surface area contributed by atoms with Gasteiger partial charge >= 0.3 is 5.97 Å². The maximum absolute atomic E-state index is 11.9. The highest BCUT2D eigenvalue weighted by molar-refractivity contribution is 5.92. The smallest absolute Gasteiger partial charge is 0.310 e. The van der Waals surface area contributed by atoms with Gasteiger partial charge in [0.05, 0.1) is 0 Å². The van der Waals surface area contributed by atoms with Gasteiger partial charge in [-0.2, -0.15) is 0 Å². The Kier molecular flexibility index (Phi) is 3.39. The van der Waals surface area contributed by atoms with Crippen LogP contribution in [0.5, 0.6) is 0 Å². The van der Waals surface area contributed by atoms with Gasteiger partial charge in [0.25, 0.3) is 0 Å². The zero-order valence-corrected chi connectivity index (χ0v) is 14.9. The monoisotopic (exact) mass is 338 g/mol. The summed E-state index contributed by atoms with van der Waals surface area (Å²) in [5.74, 6) is 3.80. The number of allylic oxidation sites excluding steroid dienone is 6. The van der Waals surface area contributed by atoms with Crippen LogP contribution >= 0.6 is 0 Å². The van der Waals surface area contributed by atoms with Gasteiger partial charge in [-0.05, 0) is 78.9 Å². The predicted octanol–water partition coefficient (Wildman–Crippen LogP) is 4.35. The Balaban J connectivity index is 1.50. The highest BCUT2D eigenvalue weighted by atomic mass is 16.5. The molecule has 0 aromatic rings. The molecule has 4 aliphatic carbocycles. The number of rotatable bonds is 0. The SMILES string of the molecule is CC12CCCC(=O)OC3=CC3C1C1C=CC3=CC(=O)CCC3C1CC2. The van der Waals surface area contributed by atoms with E-state index in [-0.39, 0.29) is 17.2 Å². The molecule has 5 aliphatic rings. The van der Waals surface area contributed by atoms with E-state index in [0.29, 0.717) is 42.4 Å². The first-order valence-electron chi connectivity index (χ1n) is 9.90. The van der Waals surface area contributed by atoms with Gasteiger partial charge < -0.3 is 4.74 Å². The summed E-state index contributed by atoms with van der Waals surface area (Å²) in [5, 5.41) is 0. The second-order valence-corrected chi connectivity index (χ2v) is 9.00. The van der Waals surface area contributed by atoms with Crippen LogP contribution in [0.3, 0.4) is 0 Å². The van der Waals surface area contributed by atoms with Crippen molar-refractivity contribution in [3.63, 3.8) is 0 Å². The van der Waals surface area contributed by atoms with Gasteiger partial charge in [-0.25, -0.2) is 0 Å². The minimum absolute atomic E-state index is 0.0530. The van der Waals surface area contributed by atoms with Gasteiger partial charge in [0, 0.05) is 18.8 Å². The fourth-order valence-electron chi connectivity index (χ4n) is 6.30. The third-order valence-corrected chi connectivity index (χ3v) is 7.56. The van der Waals surface area contributed by atoms with Gasteiger partial charge in [-0.1, -0.05) is 19.1 Å². The molecule has 0 spiro atoms. The number of carbonyl (C=O) groups is 2. The van der Waals surface area contributed by atoms with Crippen LogP contribution in [0.15, 0.2) is 35.6 Å². The van der Waals surface area contributed by atoms with Crippen LogP contribution in [-0.2, 0) is 14.3 Å². The molecule has 0 aromatic heterocycles. The van der Waals surface area contributed by atoms with Crippen molar-refractivity contribution in [1.29, 1.82) is 0 Å². The standard InChI is InChI=1S/C22H26O3/c1-22-9-2-3-20(24)25-19-12-18(19)21(22)17-6-4-13-11-14(23)5-7-15(13)16(17)8-10-22/h4,6,11-12,15-18,21H,2-3,5,7-10H2,1H3. The van der Waals surface area contributed by atoms with E-state index in [1.54, 1.807) is 0 Å². The number of esters is 1. The summed E-state index contributed by atoms with van der Waals surface area (Å²) in [6.45, 7) is 2.44. The van der Waals surface area contributed by atoms with Crippen molar-refractivity contribution >= 4 is 11.8 Å². The molecule has 25 heavy (non-hydrogen) atoms. The topological polar surface area (TPSA) is 43.4 Å². The van der Waals surface area contributed by atoms with Crippen molar-refractivity contribution in [1.82, 2.24) is 0 Å². The summed E-state index contributed by atoms with van der Waals surface area (Å²) in [7, 11) is 0. The third kappa shape index (κ3) is 2.46. The molecule has 6 unspecified atom stereocenters. The van der Waals surface area contributed by atoms with Crippen LogP contribution in [0.2, 0.25) is 0 Å². The molecule has 5 rings (SSSR count). The minimum Gasteiger partial charge on any atom is -0.431 e. The molecule has 1 aliphatic heterocycles. The van der Waals surface area contributed by atoms with Crippen molar-refractivity contribution in [2.75, 3.05) is 0 Å². The number of hydrogen-bond donors (Lipinski definition) is 0. The quantitative estimate of drug-likeness (QED) is 0.617. The summed E-state index contributed by atoms with van der Waals surface area (Å²) in [4.78, 5) is 23.7. The predicted molar refractivity (Wildman–Crippen MR) is 94.3 cm³/mol. The van der Waals surface area contributed by atoms with Gasteiger partial charge in [-0.15, -0.1) is 0 Å². The summed E-state index contributed by atoms with van der Waals surface area (Å²) in [5.41, 5.74) is 1.55. The first-order chi connectivity index (χ1) is 12.0. The van der Waals surface area contributed by atoms with Crippen LogP contribution in [0.4, 0.5) is 0 Å². The average molecular weight is 338 g/mol. The van der Waals surface area contributed by atoms with Crippen LogP contribution < -0.4 is 0 Å². The maximum Gasteiger partial charge on any atom is 0.310 e. The van der Waals surface area contributed by atoms with Crippen molar-refractivity contribution in [2.45, 2.75) is 51.9 Å². The molecule has 1 saturated carbocycles. The number of ether oxygens (including phenoxy) is 1. The Labute approximate surface area is 149 Å². The minimum atomic E-state index is -0.0530. The fourth-order valence-corrected chi connectivity index (χ4v) is 6.30. The summed E-state index contributed by atoms with van der Waals surface area (Å²) >= 11 is 0. The van der Waals surface area contributed by atoms with E-state index in [1.807, 2.05) is 6.08 Å². The van der Waals surface area contributed by atoms with E-state index in [1.165, 1.54) is 18.4 Å². The van der Waals surface area contributed by atoms with E-state index in [0.717, 1.165) is 25.0 Å². The van der Waals surface area contributed by atoms with E-state index in [2.05, 4.69) is 25.2 Å². The van der Waals surface area contributed by atoms with E-state index in [9.17, 15) is 9.59 Å². The maximum atomic E-state index is 11.9. The normalized spacial score (nSPS) is 45.2. The third-order valence-electron chi connectivity index (χ3n) is 7.56. The molecular formula is C22H26O3. The lowest BCUT2D eigenvalue weighted by Crippen LogP contribution is -2.46. The molecule has 132 valence electrons. The highest BCUT2D eigenvalue weighted by Crippen LogP contribution is 2.62. The number of carbonyl (C=O) groups excluding carboxylic acids is 2. The van der Waals surface area contributed by atoms with E-state index in [4.69, 9.17) is 4.74 Å².